The van der Waals surface area contributed by atoms with Crippen LogP contribution in [-0.4, -0.2) is 32.0 Å². The fourth-order valence-corrected chi connectivity index (χ4v) is 2.10. The Morgan fingerprint density at radius 2 is 2.00 bits per heavy atom. The summed E-state index contributed by atoms with van der Waals surface area (Å²) in [7, 11) is 3.67. The predicted octanol–water partition coefficient (Wildman–Crippen LogP) is 2.31. The van der Waals surface area contributed by atoms with Crippen molar-refractivity contribution >= 4 is 8.15 Å². The highest BCUT2D eigenvalue weighted by Crippen LogP contribution is 2.33. The first-order valence-corrected chi connectivity index (χ1v) is 5.62. The van der Waals surface area contributed by atoms with E-state index in [0.29, 0.717) is 0 Å². The molecule has 62 valence electrons. The molecule has 0 fully saturated rings. The molecular weight excluding hydrogens is 145 g/mol. The minimum absolute atomic E-state index is 0.200. The summed E-state index contributed by atoms with van der Waals surface area (Å²) in [6, 6.07) is 0. The zero-order chi connectivity index (χ0) is 7.98. The summed E-state index contributed by atoms with van der Waals surface area (Å²) in [5, 5.41) is 1.79. The number of hydrogen-bond donors (Lipinski definition) is 0. The van der Waals surface area contributed by atoms with Crippen molar-refractivity contribution in [3.63, 3.8) is 0 Å². The second kappa shape index (κ2) is 6.09. The van der Waals surface area contributed by atoms with Gasteiger partial charge in [0.25, 0.3) is 0 Å². The fourth-order valence-electron chi connectivity index (χ4n) is 0.700. The first-order valence-electron chi connectivity index (χ1n) is 3.73. The van der Waals surface area contributed by atoms with Crippen molar-refractivity contribution in [2.24, 2.45) is 0 Å². The van der Waals surface area contributed by atoms with Crippen molar-refractivity contribution in [1.29, 1.82) is 0 Å². The normalized spacial score (nSPS) is 14.1. The van der Waals surface area contributed by atoms with Crippen LogP contribution in [0.5, 0.6) is 0 Å². The maximum absolute atomic E-state index is 5.45. The highest BCUT2D eigenvalue weighted by molar-refractivity contribution is 7.51. The van der Waals surface area contributed by atoms with Crippen LogP contribution in [-0.2, 0) is 4.62 Å². The van der Waals surface area contributed by atoms with Crippen LogP contribution in [0.3, 0.4) is 0 Å². The van der Waals surface area contributed by atoms with E-state index in [0.717, 1.165) is 0 Å². The Hall–Kier alpha value is 0.350. The molecule has 1 atom stereocenters. The highest BCUT2D eigenvalue weighted by Gasteiger charge is 2.01. The van der Waals surface area contributed by atoms with Gasteiger partial charge in [-0.25, -0.2) is 0 Å². The van der Waals surface area contributed by atoms with Gasteiger partial charge < -0.3 is 0 Å². The van der Waals surface area contributed by atoms with E-state index in [1.165, 1.54) is 19.0 Å². The highest BCUT2D eigenvalue weighted by atomic mass is 31.1. The Bertz CT molecular complexity index is 78.0. The molecule has 0 bridgehead atoms. The van der Waals surface area contributed by atoms with Crippen LogP contribution >= 0.6 is 8.15 Å². The average Bonchev–Trinajstić information content (AvgIpc) is 1.82. The molecule has 0 radical (unpaired) electrons. The van der Waals surface area contributed by atoms with Gasteiger partial charge in [-0.15, -0.1) is 0 Å². The lowest BCUT2D eigenvalue weighted by Gasteiger charge is -2.16. The quantitative estimate of drug-likeness (QED) is 0.455. The van der Waals surface area contributed by atoms with Crippen molar-refractivity contribution in [3.05, 3.63) is 0 Å². The van der Waals surface area contributed by atoms with E-state index in [1.807, 2.05) is 14.1 Å². The van der Waals surface area contributed by atoms with E-state index < -0.39 is 0 Å². The number of rotatable bonds is 5. The second-order valence-electron chi connectivity index (χ2n) is 2.60. The third-order valence-corrected chi connectivity index (χ3v) is 2.68. The van der Waals surface area contributed by atoms with Crippen LogP contribution in [0.4, 0.5) is 0 Å². The number of nitrogens with zero attached hydrogens (tertiary/aromatic N) is 1. The van der Waals surface area contributed by atoms with Gasteiger partial charge >= 0.3 is 0 Å². The Morgan fingerprint density at radius 1 is 1.40 bits per heavy atom. The molecule has 0 saturated carbocycles. The Labute approximate surface area is 65.3 Å². The lowest BCUT2D eigenvalue weighted by molar-refractivity contribution is 0.0118. The standard InChI is InChI=1S/C7H18NOP/c1-5-6-7-10(4)9-8(2)3/h5-7H2,1-4H3. The zero-order valence-electron chi connectivity index (χ0n) is 7.42. The van der Waals surface area contributed by atoms with Gasteiger partial charge in [-0.2, -0.15) is 5.06 Å². The maximum atomic E-state index is 5.45. The Balaban J connectivity index is 3.16. The number of unbranched alkanes of at least 4 members (excludes halogenated alkanes) is 1. The topological polar surface area (TPSA) is 12.5 Å². The van der Waals surface area contributed by atoms with E-state index >= 15 is 0 Å². The summed E-state index contributed by atoms with van der Waals surface area (Å²) in [5.74, 6) is 0. The monoisotopic (exact) mass is 163 g/mol. The van der Waals surface area contributed by atoms with Gasteiger partial charge in [0.05, 0.1) is 8.15 Å². The molecule has 0 rings (SSSR count). The van der Waals surface area contributed by atoms with Crippen LogP contribution in [0.15, 0.2) is 0 Å². The molecule has 0 aromatic heterocycles. The van der Waals surface area contributed by atoms with Gasteiger partial charge in [0, 0.05) is 14.1 Å². The number of hydroxylamine groups is 2. The molecule has 0 saturated heterocycles. The van der Waals surface area contributed by atoms with Crippen molar-refractivity contribution in [2.45, 2.75) is 19.8 Å². The largest absolute Gasteiger partial charge is 0.278 e. The van der Waals surface area contributed by atoms with E-state index in [2.05, 4.69) is 13.6 Å². The molecule has 3 heteroatoms. The molecular formula is C7H18NOP. The van der Waals surface area contributed by atoms with E-state index in [1.54, 1.807) is 5.06 Å². The Kier molecular flexibility index (Phi) is 6.30. The second-order valence-corrected chi connectivity index (χ2v) is 4.47. The van der Waals surface area contributed by atoms with Gasteiger partial charge in [-0.05, 0) is 19.2 Å². The molecule has 0 N–H and O–H groups in total. The molecule has 0 aliphatic rings. The van der Waals surface area contributed by atoms with Crippen molar-refractivity contribution in [3.8, 4) is 0 Å². The minimum Gasteiger partial charge on any atom is -0.278 e. The minimum atomic E-state index is -0.200. The zero-order valence-corrected chi connectivity index (χ0v) is 8.32. The van der Waals surface area contributed by atoms with Crippen molar-refractivity contribution in [1.82, 2.24) is 5.06 Å². The first-order chi connectivity index (χ1) is 4.66. The molecule has 10 heavy (non-hydrogen) atoms. The van der Waals surface area contributed by atoms with Crippen molar-refractivity contribution in [2.75, 3.05) is 26.9 Å². The lowest BCUT2D eigenvalue weighted by atomic mass is 10.4. The third-order valence-electron chi connectivity index (χ3n) is 1.13. The lowest BCUT2D eigenvalue weighted by Crippen LogP contribution is -2.09. The first kappa shape index (κ1) is 10.3. The molecule has 0 heterocycles. The fraction of sp³-hybridized carbons (Fsp3) is 1.00. The van der Waals surface area contributed by atoms with Crippen LogP contribution in [0, 0.1) is 0 Å². The SMILES string of the molecule is CCCCP(C)ON(C)C. The molecule has 0 aromatic carbocycles. The molecule has 0 aliphatic heterocycles. The maximum Gasteiger partial charge on any atom is 0.0516 e. The van der Waals surface area contributed by atoms with Gasteiger partial charge in [0.1, 0.15) is 0 Å². The molecule has 0 spiro atoms. The summed E-state index contributed by atoms with van der Waals surface area (Å²) in [6.45, 7) is 4.38. The molecule has 2 nitrogen and oxygen atoms in total. The van der Waals surface area contributed by atoms with E-state index in [-0.39, 0.29) is 8.15 Å². The van der Waals surface area contributed by atoms with E-state index in [4.69, 9.17) is 4.62 Å². The summed E-state index contributed by atoms with van der Waals surface area (Å²) < 4.78 is 5.45. The van der Waals surface area contributed by atoms with Crippen LogP contribution in [0.1, 0.15) is 19.8 Å². The van der Waals surface area contributed by atoms with E-state index in [9.17, 15) is 0 Å². The van der Waals surface area contributed by atoms with Crippen LogP contribution in [0.2, 0.25) is 0 Å². The summed E-state index contributed by atoms with van der Waals surface area (Å²) >= 11 is 0. The molecule has 0 aromatic rings. The molecule has 0 amide bonds. The number of hydrogen-bond acceptors (Lipinski definition) is 2. The average molecular weight is 163 g/mol. The van der Waals surface area contributed by atoms with Gasteiger partial charge in [-0.1, -0.05) is 13.3 Å². The van der Waals surface area contributed by atoms with Gasteiger partial charge in [0.15, 0.2) is 0 Å². The predicted molar refractivity (Wildman–Crippen MR) is 47.4 cm³/mol. The molecule has 0 aliphatic carbocycles. The summed E-state index contributed by atoms with van der Waals surface area (Å²) in [4.78, 5) is 0. The smallest absolute Gasteiger partial charge is 0.0516 e. The third kappa shape index (κ3) is 6.47. The summed E-state index contributed by atoms with van der Waals surface area (Å²) in [6.07, 6.45) is 3.78. The van der Waals surface area contributed by atoms with Crippen LogP contribution < -0.4 is 0 Å². The molecule has 1 unspecified atom stereocenters. The van der Waals surface area contributed by atoms with Gasteiger partial charge in [0.2, 0.25) is 0 Å². The van der Waals surface area contributed by atoms with Crippen molar-refractivity contribution < 1.29 is 4.62 Å². The Morgan fingerprint density at radius 3 is 2.40 bits per heavy atom. The summed E-state index contributed by atoms with van der Waals surface area (Å²) in [5.41, 5.74) is 0. The van der Waals surface area contributed by atoms with Crippen LogP contribution in [0.25, 0.3) is 0 Å². The van der Waals surface area contributed by atoms with Gasteiger partial charge in [-0.3, -0.25) is 4.62 Å².